The topological polar surface area (TPSA) is 29.7 Å². The van der Waals surface area contributed by atoms with E-state index in [0.717, 1.165) is 43.5 Å². The van der Waals surface area contributed by atoms with Crippen LogP contribution in [0.4, 0.5) is 10.8 Å². The summed E-state index contributed by atoms with van der Waals surface area (Å²) in [5.41, 5.74) is 3.02. The number of hydrogen-bond acceptors (Lipinski definition) is 4. The Hall–Kier alpha value is -1.90. The summed E-state index contributed by atoms with van der Waals surface area (Å²) >= 11 is 1.76. The molecule has 1 fully saturated rings. The molecule has 0 N–H and O–H groups in total. The molecule has 1 saturated heterocycles. The first-order valence-electron chi connectivity index (χ1n) is 7.01. The van der Waals surface area contributed by atoms with Crippen molar-refractivity contribution in [2.24, 2.45) is 0 Å². The number of nitrogens with zero attached hydrogens (tertiary/aromatic N) is 3. The van der Waals surface area contributed by atoms with Gasteiger partial charge < -0.3 is 9.64 Å². The van der Waals surface area contributed by atoms with Crippen molar-refractivity contribution < 1.29 is 4.74 Å². The summed E-state index contributed by atoms with van der Waals surface area (Å²) in [6.07, 6.45) is 0.824. The molecule has 1 aromatic heterocycles. The van der Waals surface area contributed by atoms with Crippen molar-refractivity contribution in [1.82, 2.24) is 4.98 Å². The molecule has 2 aromatic rings. The molecule has 5 heteroatoms. The van der Waals surface area contributed by atoms with Crippen LogP contribution >= 0.6 is 11.3 Å². The maximum Gasteiger partial charge on any atom is 0.187 e. The van der Waals surface area contributed by atoms with Gasteiger partial charge in [-0.05, 0) is 12.5 Å². The molecule has 0 atom stereocenters. The van der Waals surface area contributed by atoms with Gasteiger partial charge in [0.15, 0.2) is 10.8 Å². The van der Waals surface area contributed by atoms with Crippen LogP contribution in [0.2, 0.25) is 0 Å². The summed E-state index contributed by atoms with van der Waals surface area (Å²) in [6, 6.07) is 7.76. The predicted octanol–water partition coefficient (Wildman–Crippen LogP) is 3.43. The molecule has 4 nitrogen and oxygen atoms in total. The summed E-state index contributed by atoms with van der Waals surface area (Å²) in [7, 11) is 0. The van der Waals surface area contributed by atoms with E-state index >= 15 is 0 Å². The molecule has 0 aliphatic carbocycles. The molecule has 0 radical (unpaired) electrons. The van der Waals surface area contributed by atoms with Gasteiger partial charge in [-0.25, -0.2) is 9.83 Å². The smallest absolute Gasteiger partial charge is 0.187 e. The van der Waals surface area contributed by atoms with Crippen LogP contribution < -0.4 is 4.90 Å². The van der Waals surface area contributed by atoms with Gasteiger partial charge in [-0.3, -0.25) is 0 Å². The lowest BCUT2D eigenvalue weighted by molar-refractivity contribution is 0.122. The second-order valence-corrected chi connectivity index (χ2v) is 6.24. The fourth-order valence-corrected chi connectivity index (χ4v) is 3.33. The normalized spacial score (nSPS) is 15.0. The highest BCUT2D eigenvalue weighted by Crippen LogP contribution is 2.28. The Labute approximate surface area is 128 Å². The molecule has 21 heavy (non-hydrogen) atoms. The van der Waals surface area contributed by atoms with Crippen molar-refractivity contribution in [3.63, 3.8) is 0 Å². The zero-order valence-electron chi connectivity index (χ0n) is 12.0. The fraction of sp³-hybridized carbons (Fsp3) is 0.375. The number of morpholine rings is 1. The highest BCUT2D eigenvalue weighted by molar-refractivity contribution is 7.15. The number of rotatable bonds is 3. The van der Waals surface area contributed by atoms with Crippen LogP contribution in [-0.4, -0.2) is 31.3 Å². The van der Waals surface area contributed by atoms with Crippen molar-refractivity contribution in [2.75, 3.05) is 31.2 Å². The largest absolute Gasteiger partial charge is 0.378 e. The Morgan fingerprint density at radius 2 is 2.00 bits per heavy atom. The lowest BCUT2D eigenvalue weighted by Gasteiger charge is -2.26. The number of aromatic nitrogens is 1. The molecule has 1 aliphatic heterocycles. The van der Waals surface area contributed by atoms with Crippen LogP contribution in [0.25, 0.3) is 4.85 Å². The van der Waals surface area contributed by atoms with Crippen molar-refractivity contribution in [3.8, 4) is 0 Å². The maximum atomic E-state index is 6.98. The van der Waals surface area contributed by atoms with Crippen LogP contribution in [0.5, 0.6) is 0 Å². The number of ether oxygens (including phenoxy) is 1. The summed E-state index contributed by atoms with van der Waals surface area (Å²) in [4.78, 5) is 11.8. The maximum absolute atomic E-state index is 6.98. The van der Waals surface area contributed by atoms with E-state index in [4.69, 9.17) is 16.3 Å². The first-order chi connectivity index (χ1) is 10.3. The van der Waals surface area contributed by atoms with E-state index in [2.05, 4.69) is 16.7 Å². The number of anilines is 1. The van der Waals surface area contributed by atoms with Crippen molar-refractivity contribution in [3.05, 3.63) is 51.8 Å². The third kappa shape index (κ3) is 3.23. The first kappa shape index (κ1) is 14.1. The van der Waals surface area contributed by atoms with Gasteiger partial charge in [0, 0.05) is 24.4 Å². The van der Waals surface area contributed by atoms with E-state index in [1.54, 1.807) is 11.3 Å². The van der Waals surface area contributed by atoms with Gasteiger partial charge in [0.1, 0.15) is 0 Å². The number of thiazole rings is 1. The average Bonchev–Trinajstić information content (AvgIpc) is 2.90. The molecule has 0 spiro atoms. The van der Waals surface area contributed by atoms with Gasteiger partial charge >= 0.3 is 0 Å². The quantitative estimate of drug-likeness (QED) is 0.813. The summed E-state index contributed by atoms with van der Waals surface area (Å²) in [6.45, 7) is 12.5. The van der Waals surface area contributed by atoms with Crippen molar-refractivity contribution >= 4 is 22.2 Å². The minimum Gasteiger partial charge on any atom is -0.378 e. The van der Waals surface area contributed by atoms with Crippen LogP contribution in [0, 0.1) is 13.5 Å². The second kappa shape index (κ2) is 6.25. The van der Waals surface area contributed by atoms with Crippen LogP contribution in [0.1, 0.15) is 16.1 Å². The van der Waals surface area contributed by atoms with Gasteiger partial charge in [0.25, 0.3) is 0 Å². The molecule has 1 aromatic carbocycles. The van der Waals surface area contributed by atoms with Crippen LogP contribution in [0.3, 0.4) is 0 Å². The van der Waals surface area contributed by atoms with E-state index < -0.39 is 0 Å². The average molecular weight is 299 g/mol. The molecule has 108 valence electrons. The van der Waals surface area contributed by atoms with Gasteiger partial charge in [-0.1, -0.05) is 24.3 Å². The summed E-state index contributed by atoms with van der Waals surface area (Å²) in [5, 5.41) is 1.10. The van der Waals surface area contributed by atoms with E-state index in [0.29, 0.717) is 5.69 Å². The summed E-state index contributed by atoms with van der Waals surface area (Å²) < 4.78 is 5.39. The van der Waals surface area contributed by atoms with E-state index in [1.807, 2.05) is 24.3 Å². The molecule has 2 heterocycles. The number of aryl methyl sites for hydroxylation is 1. The Bertz CT molecular complexity index is 651. The molecule has 0 bridgehead atoms. The van der Waals surface area contributed by atoms with Crippen LogP contribution in [0.15, 0.2) is 24.3 Å². The summed E-state index contributed by atoms with van der Waals surface area (Å²) in [5.74, 6) is 0. The molecule has 1 aliphatic rings. The van der Waals surface area contributed by atoms with Gasteiger partial charge in [-0.15, -0.1) is 11.3 Å². The lowest BCUT2D eigenvalue weighted by atomic mass is 10.1. The molecule has 3 rings (SSSR count). The first-order valence-corrected chi connectivity index (χ1v) is 7.83. The van der Waals surface area contributed by atoms with Crippen LogP contribution in [-0.2, 0) is 11.2 Å². The zero-order valence-corrected chi connectivity index (χ0v) is 12.8. The number of benzene rings is 1. The molecule has 0 saturated carbocycles. The third-order valence-corrected chi connectivity index (χ3v) is 4.67. The van der Waals surface area contributed by atoms with Gasteiger partial charge in [0.05, 0.1) is 25.5 Å². The second-order valence-electron chi connectivity index (χ2n) is 5.05. The zero-order chi connectivity index (χ0) is 14.7. The standard InChI is InChI=1S/C16H17N3OS/c1-12-15(11-13-3-5-14(17-2)6-4-13)18-16(21-12)19-7-9-20-10-8-19/h3-6H,7-11H2,1H3. The van der Waals surface area contributed by atoms with Gasteiger partial charge in [0.2, 0.25) is 0 Å². The minimum absolute atomic E-state index is 0.683. The third-order valence-electron chi connectivity index (χ3n) is 3.60. The fourth-order valence-electron chi connectivity index (χ4n) is 2.35. The lowest BCUT2D eigenvalue weighted by Crippen LogP contribution is -2.36. The Morgan fingerprint density at radius 3 is 2.67 bits per heavy atom. The van der Waals surface area contributed by atoms with Crippen molar-refractivity contribution in [1.29, 1.82) is 0 Å². The van der Waals surface area contributed by atoms with E-state index in [9.17, 15) is 0 Å². The monoisotopic (exact) mass is 299 g/mol. The Morgan fingerprint density at radius 1 is 1.29 bits per heavy atom. The molecule has 0 unspecified atom stereocenters. The number of hydrogen-bond donors (Lipinski definition) is 0. The molecule has 0 amide bonds. The highest BCUT2D eigenvalue weighted by Gasteiger charge is 2.16. The van der Waals surface area contributed by atoms with Crippen molar-refractivity contribution in [2.45, 2.75) is 13.3 Å². The van der Waals surface area contributed by atoms with Gasteiger partial charge in [-0.2, -0.15) is 0 Å². The SMILES string of the molecule is [C-]#[N+]c1ccc(Cc2nc(N3CCOCC3)sc2C)cc1. The molecular formula is C16H17N3OS. The molecular weight excluding hydrogens is 282 g/mol. The van der Waals surface area contributed by atoms with E-state index in [-0.39, 0.29) is 0 Å². The Balaban J connectivity index is 1.75. The predicted molar refractivity (Wildman–Crippen MR) is 85.4 cm³/mol. The Kier molecular flexibility index (Phi) is 4.18. The van der Waals surface area contributed by atoms with E-state index in [1.165, 1.54) is 10.4 Å². The minimum atomic E-state index is 0.683. The highest BCUT2D eigenvalue weighted by atomic mass is 32.1.